The van der Waals surface area contributed by atoms with Crippen molar-refractivity contribution in [2.75, 3.05) is 19.8 Å². The monoisotopic (exact) mass is 263 g/mol. The van der Waals surface area contributed by atoms with Crippen molar-refractivity contribution < 1.29 is 22.7 Å². The Kier molecular flexibility index (Phi) is 4.01. The first kappa shape index (κ1) is 12.8. The molecule has 0 aromatic rings. The topological polar surface area (TPSA) is 81.7 Å². The molecule has 0 aromatic heterocycles. The van der Waals surface area contributed by atoms with Crippen molar-refractivity contribution in [3.8, 4) is 0 Å². The van der Waals surface area contributed by atoms with Crippen molar-refractivity contribution >= 4 is 15.9 Å². The lowest BCUT2D eigenvalue weighted by atomic mass is 10.1. The number of ether oxygens (including phenoxy) is 2. The molecule has 0 saturated carbocycles. The molecule has 2 aliphatic heterocycles. The van der Waals surface area contributed by atoms with Gasteiger partial charge >= 0.3 is 0 Å². The van der Waals surface area contributed by atoms with Gasteiger partial charge in [-0.3, -0.25) is 9.52 Å². The lowest BCUT2D eigenvalue weighted by Crippen LogP contribution is -2.45. The zero-order valence-corrected chi connectivity index (χ0v) is 10.4. The number of carbonyl (C=O) groups is 1. The molecule has 2 saturated heterocycles. The summed E-state index contributed by atoms with van der Waals surface area (Å²) in [7, 11) is -3.61. The molecule has 0 spiro atoms. The molecule has 2 aliphatic rings. The molecule has 0 bridgehead atoms. The highest BCUT2D eigenvalue weighted by Crippen LogP contribution is 2.15. The normalized spacial score (nSPS) is 30.1. The van der Waals surface area contributed by atoms with Crippen LogP contribution in [0.3, 0.4) is 0 Å². The lowest BCUT2D eigenvalue weighted by molar-refractivity contribution is -0.133. The second kappa shape index (κ2) is 5.32. The average molecular weight is 263 g/mol. The number of rotatable bonds is 3. The van der Waals surface area contributed by atoms with Gasteiger partial charge in [0, 0.05) is 13.2 Å². The maximum absolute atomic E-state index is 11.8. The van der Waals surface area contributed by atoms with Crippen molar-refractivity contribution in [3.63, 3.8) is 0 Å². The first-order valence-electron chi connectivity index (χ1n) is 5.84. The first-order chi connectivity index (χ1) is 8.09. The quantitative estimate of drug-likeness (QED) is 0.762. The van der Waals surface area contributed by atoms with E-state index in [1.54, 1.807) is 0 Å². The van der Waals surface area contributed by atoms with Gasteiger partial charge in [0.2, 0.25) is 10.0 Å². The Hall–Kier alpha value is -0.660. The van der Waals surface area contributed by atoms with Gasteiger partial charge in [-0.2, -0.15) is 0 Å². The van der Waals surface area contributed by atoms with Gasteiger partial charge in [0.05, 0.1) is 6.61 Å². The Balaban J connectivity index is 1.92. The zero-order valence-electron chi connectivity index (χ0n) is 9.55. The van der Waals surface area contributed by atoms with Crippen molar-refractivity contribution in [2.45, 2.75) is 37.0 Å². The van der Waals surface area contributed by atoms with Crippen LogP contribution in [-0.4, -0.2) is 45.5 Å². The number of carbonyl (C=O) groups excluding carboxylic acids is 1. The number of amides is 1. The van der Waals surface area contributed by atoms with Gasteiger partial charge in [-0.05, 0) is 25.7 Å². The van der Waals surface area contributed by atoms with Crippen LogP contribution in [0.4, 0.5) is 0 Å². The summed E-state index contributed by atoms with van der Waals surface area (Å²) < 4.78 is 36.0. The fraction of sp³-hybridized carbons (Fsp3) is 0.900. The number of hydrogen-bond donors (Lipinski definition) is 1. The van der Waals surface area contributed by atoms with E-state index in [0.717, 1.165) is 12.8 Å². The molecular weight excluding hydrogens is 246 g/mol. The molecule has 6 nitrogen and oxygen atoms in total. The van der Waals surface area contributed by atoms with Crippen LogP contribution >= 0.6 is 0 Å². The van der Waals surface area contributed by atoms with E-state index in [9.17, 15) is 13.2 Å². The van der Waals surface area contributed by atoms with E-state index in [2.05, 4.69) is 4.72 Å². The second-order valence-corrected chi connectivity index (χ2v) is 6.31. The van der Waals surface area contributed by atoms with Crippen molar-refractivity contribution in [3.05, 3.63) is 0 Å². The lowest BCUT2D eigenvalue weighted by Gasteiger charge is -2.22. The molecule has 1 N–H and O–H groups in total. The molecule has 2 rings (SSSR count). The fourth-order valence-electron chi connectivity index (χ4n) is 1.99. The number of sulfonamides is 1. The number of nitrogens with one attached hydrogen (secondary N) is 1. The highest BCUT2D eigenvalue weighted by Gasteiger charge is 2.33. The maximum Gasteiger partial charge on any atom is 0.262 e. The minimum Gasteiger partial charge on any atom is -0.380 e. The summed E-state index contributed by atoms with van der Waals surface area (Å²) in [5.74, 6) is -0.545. The van der Waals surface area contributed by atoms with Crippen molar-refractivity contribution in [1.82, 2.24) is 4.72 Å². The zero-order chi connectivity index (χ0) is 12.3. The minimum atomic E-state index is -3.61. The van der Waals surface area contributed by atoms with Gasteiger partial charge in [0.25, 0.3) is 5.91 Å². The third-order valence-corrected chi connectivity index (χ3v) is 4.78. The molecule has 2 fully saturated rings. The van der Waals surface area contributed by atoms with Gasteiger partial charge < -0.3 is 9.47 Å². The summed E-state index contributed by atoms with van der Waals surface area (Å²) in [5.41, 5.74) is 0. The van der Waals surface area contributed by atoms with Gasteiger partial charge in [-0.15, -0.1) is 0 Å². The Bertz CT molecular complexity index is 368. The van der Waals surface area contributed by atoms with E-state index in [1.165, 1.54) is 0 Å². The van der Waals surface area contributed by atoms with Crippen LogP contribution in [0.15, 0.2) is 0 Å². The van der Waals surface area contributed by atoms with E-state index in [-0.39, 0.29) is 6.61 Å². The molecule has 98 valence electrons. The van der Waals surface area contributed by atoms with E-state index in [4.69, 9.17) is 9.47 Å². The molecule has 2 heterocycles. The molecule has 0 aromatic carbocycles. The SMILES string of the molecule is O=C(NS(=O)(=O)C1CCOC1)C1CCCCO1. The van der Waals surface area contributed by atoms with Gasteiger partial charge in [-0.1, -0.05) is 0 Å². The molecular formula is C10H17NO5S. The first-order valence-corrected chi connectivity index (χ1v) is 7.39. The third kappa shape index (κ3) is 3.17. The Morgan fingerprint density at radius 1 is 1.18 bits per heavy atom. The molecule has 1 amide bonds. The summed E-state index contributed by atoms with van der Waals surface area (Å²) in [6.07, 6.45) is 2.22. The van der Waals surface area contributed by atoms with Crippen molar-refractivity contribution in [1.29, 1.82) is 0 Å². The largest absolute Gasteiger partial charge is 0.380 e. The van der Waals surface area contributed by atoms with Crippen LogP contribution in [0.2, 0.25) is 0 Å². The van der Waals surface area contributed by atoms with Crippen LogP contribution < -0.4 is 4.72 Å². The highest BCUT2D eigenvalue weighted by atomic mass is 32.2. The summed E-state index contributed by atoms with van der Waals surface area (Å²) in [6.45, 7) is 1.11. The highest BCUT2D eigenvalue weighted by molar-refractivity contribution is 7.90. The smallest absolute Gasteiger partial charge is 0.262 e. The summed E-state index contributed by atoms with van der Waals surface area (Å²) in [6, 6.07) is 0. The Morgan fingerprint density at radius 2 is 2.00 bits per heavy atom. The van der Waals surface area contributed by atoms with Crippen LogP contribution in [0.1, 0.15) is 25.7 Å². The van der Waals surface area contributed by atoms with Gasteiger partial charge in [-0.25, -0.2) is 8.42 Å². The Labute approximate surface area is 101 Å². The maximum atomic E-state index is 11.8. The third-order valence-electron chi connectivity index (χ3n) is 3.04. The molecule has 17 heavy (non-hydrogen) atoms. The predicted molar refractivity (Wildman–Crippen MR) is 59.9 cm³/mol. The molecule has 2 unspecified atom stereocenters. The fourth-order valence-corrected chi connectivity index (χ4v) is 3.25. The molecule has 0 radical (unpaired) electrons. The molecule has 7 heteroatoms. The standard InChI is InChI=1S/C10H17NO5S/c12-10(9-3-1-2-5-16-9)11-17(13,14)8-4-6-15-7-8/h8-9H,1-7H2,(H,11,12). The Morgan fingerprint density at radius 3 is 2.59 bits per heavy atom. The summed E-state index contributed by atoms with van der Waals surface area (Å²) >= 11 is 0. The minimum absolute atomic E-state index is 0.161. The van der Waals surface area contributed by atoms with E-state index in [1.807, 2.05) is 0 Å². The summed E-state index contributed by atoms with van der Waals surface area (Å²) in [4.78, 5) is 11.7. The predicted octanol–water partition coefficient (Wildman–Crippen LogP) is -0.210. The average Bonchev–Trinajstić information content (AvgIpc) is 2.84. The van der Waals surface area contributed by atoms with E-state index < -0.39 is 27.3 Å². The van der Waals surface area contributed by atoms with Gasteiger partial charge in [0.1, 0.15) is 11.4 Å². The van der Waals surface area contributed by atoms with E-state index in [0.29, 0.717) is 26.1 Å². The van der Waals surface area contributed by atoms with Crippen LogP contribution in [0, 0.1) is 0 Å². The molecule has 2 atom stereocenters. The van der Waals surface area contributed by atoms with Crippen molar-refractivity contribution in [2.24, 2.45) is 0 Å². The van der Waals surface area contributed by atoms with Crippen LogP contribution in [0.5, 0.6) is 0 Å². The second-order valence-electron chi connectivity index (χ2n) is 4.35. The van der Waals surface area contributed by atoms with Crippen LogP contribution in [-0.2, 0) is 24.3 Å². The van der Waals surface area contributed by atoms with Crippen LogP contribution in [0.25, 0.3) is 0 Å². The van der Waals surface area contributed by atoms with E-state index >= 15 is 0 Å². The molecule has 0 aliphatic carbocycles. The summed E-state index contributed by atoms with van der Waals surface area (Å²) in [5, 5.41) is -0.616. The number of hydrogen-bond acceptors (Lipinski definition) is 5. The van der Waals surface area contributed by atoms with Gasteiger partial charge in [0.15, 0.2) is 0 Å².